The van der Waals surface area contributed by atoms with Gasteiger partial charge < -0.3 is 10.6 Å². The van der Waals surface area contributed by atoms with Gasteiger partial charge in [0.1, 0.15) is 0 Å². The number of hydrogen-bond donors (Lipinski definition) is 2. The van der Waals surface area contributed by atoms with Crippen LogP contribution in [0.5, 0.6) is 0 Å². The summed E-state index contributed by atoms with van der Waals surface area (Å²) in [5, 5.41) is 7.37. The van der Waals surface area contributed by atoms with Crippen molar-refractivity contribution in [1.29, 1.82) is 0 Å². The number of para-hydroxylation sites is 1. The van der Waals surface area contributed by atoms with Gasteiger partial charge in [0.15, 0.2) is 0 Å². The van der Waals surface area contributed by atoms with Crippen molar-refractivity contribution in [3.8, 4) is 0 Å². The third kappa shape index (κ3) is 3.97. The molecule has 1 aromatic heterocycles. The van der Waals surface area contributed by atoms with Crippen molar-refractivity contribution in [3.05, 3.63) is 65.4 Å². The minimum absolute atomic E-state index is 0.0203. The first-order valence-electron chi connectivity index (χ1n) is 8.50. The number of anilines is 2. The molecule has 4 heteroatoms. The number of carbonyl (C=O) groups excluding carboxylic acids is 1. The molecule has 4 nitrogen and oxygen atoms in total. The molecule has 0 saturated carbocycles. The van der Waals surface area contributed by atoms with Gasteiger partial charge in [-0.1, -0.05) is 35.9 Å². The van der Waals surface area contributed by atoms with E-state index in [1.807, 2.05) is 30.3 Å². The molecule has 0 aliphatic rings. The quantitative estimate of drug-likeness (QED) is 0.717. The maximum atomic E-state index is 12.3. The van der Waals surface area contributed by atoms with Crippen molar-refractivity contribution < 1.29 is 4.79 Å². The highest BCUT2D eigenvalue weighted by Crippen LogP contribution is 2.22. The van der Waals surface area contributed by atoms with Crippen molar-refractivity contribution in [2.24, 2.45) is 0 Å². The molecule has 3 rings (SSSR count). The van der Waals surface area contributed by atoms with E-state index in [1.54, 1.807) is 6.20 Å². The van der Waals surface area contributed by atoms with Gasteiger partial charge in [0.25, 0.3) is 0 Å². The average Bonchev–Trinajstić information content (AvgIpc) is 2.57. The van der Waals surface area contributed by atoms with Crippen molar-refractivity contribution in [2.45, 2.75) is 27.2 Å². The first-order valence-corrected chi connectivity index (χ1v) is 8.50. The Bertz CT molecular complexity index is 890. The van der Waals surface area contributed by atoms with Crippen LogP contribution < -0.4 is 10.6 Å². The Labute approximate surface area is 148 Å². The van der Waals surface area contributed by atoms with E-state index in [-0.39, 0.29) is 5.91 Å². The highest BCUT2D eigenvalue weighted by atomic mass is 16.1. The summed E-state index contributed by atoms with van der Waals surface area (Å²) in [4.78, 5) is 16.7. The van der Waals surface area contributed by atoms with E-state index in [1.165, 1.54) is 16.7 Å². The highest BCUT2D eigenvalue weighted by Gasteiger charge is 2.08. The van der Waals surface area contributed by atoms with Crippen LogP contribution >= 0.6 is 0 Å². The van der Waals surface area contributed by atoms with Crippen LogP contribution in [0.2, 0.25) is 0 Å². The second kappa shape index (κ2) is 7.34. The summed E-state index contributed by atoms with van der Waals surface area (Å²) in [5.41, 5.74) is 6.35. The van der Waals surface area contributed by atoms with Crippen LogP contribution in [0.25, 0.3) is 10.9 Å². The number of pyridine rings is 1. The Morgan fingerprint density at radius 1 is 1.04 bits per heavy atom. The number of amides is 1. The molecule has 0 bridgehead atoms. The summed E-state index contributed by atoms with van der Waals surface area (Å²) in [5.74, 6) is -0.0203. The van der Waals surface area contributed by atoms with E-state index >= 15 is 0 Å². The van der Waals surface area contributed by atoms with Gasteiger partial charge >= 0.3 is 0 Å². The minimum Gasteiger partial charge on any atom is -0.384 e. The van der Waals surface area contributed by atoms with Crippen LogP contribution in [0.15, 0.2) is 48.7 Å². The molecule has 128 valence electrons. The van der Waals surface area contributed by atoms with Gasteiger partial charge in [-0.3, -0.25) is 9.78 Å². The summed E-state index contributed by atoms with van der Waals surface area (Å²) >= 11 is 0. The van der Waals surface area contributed by atoms with E-state index < -0.39 is 0 Å². The minimum atomic E-state index is -0.0203. The molecule has 0 fully saturated rings. The SMILES string of the molecule is Cc1cc(C)c(NCCC(=O)Nc2cccc3cccnc23)c(C)c1. The van der Waals surface area contributed by atoms with Crippen LogP contribution in [0, 0.1) is 20.8 Å². The van der Waals surface area contributed by atoms with Gasteiger partial charge in [0, 0.05) is 30.2 Å². The lowest BCUT2D eigenvalue weighted by atomic mass is 10.1. The summed E-state index contributed by atoms with van der Waals surface area (Å²) in [7, 11) is 0. The van der Waals surface area contributed by atoms with Gasteiger partial charge in [-0.15, -0.1) is 0 Å². The average molecular weight is 333 g/mol. The predicted molar refractivity (Wildman–Crippen MR) is 104 cm³/mol. The molecular weight excluding hydrogens is 310 g/mol. The zero-order chi connectivity index (χ0) is 17.8. The smallest absolute Gasteiger partial charge is 0.226 e. The molecule has 1 amide bonds. The Hall–Kier alpha value is -2.88. The molecule has 0 spiro atoms. The number of benzene rings is 2. The van der Waals surface area contributed by atoms with Crippen LogP contribution in [-0.2, 0) is 4.79 Å². The normalized spacial score (nSPS) is 10.7. The first kappa shape index (κ1) is 17.0. The van der Waals surface area contributed by atoms with Crippen molar-refractivity contribution in [2.75, 3.05) is 17.2 Å². The number of rotatable bonds is 5. The second-order valence-electron chi connectivity index (χ2n) is 6.38. The number of fused-ring (bicyclic) bond motifs is 1. The summed E-state index contributed by atoms with van der Waals surface area (Å²) < 4.78 is 0. The first-order chi connectivity index (χ1) is 12.0. The number of nitrogens with zero attached hydrogens (tertiary/aromatic N) is 1. The molecule has 0 saturated heterocycles. The van der Waals surface area contributed by atoms with Gasteiger partial charge in [-0.2, -0.15) is 0 Å². The van der Waals surface area contributed by atoms with Crippen molar-refractivity contribution >= 4 is 28.2 Å². The molecule has 2 aromatic carbocycles. The van der Waals surface area contributed by atoms with E-state index in [0.717, 1.165) is 22.3 Å². The van der Waals surface area contributed by atoms with Gasteiger partial charge in [-0.25, -0.2) is 0 Å². The number of carbonyl (C=O) groups is 1. The zero-order valence-electron chi connectivity index (χ0n) is 14.9. The van der Waals surface area contributed by atoms with Crippen LogP contribution in [0.4, 0.5) is 11.4 Å². The molecule has 0 aliphatic heterocycles. The molecular formula is C21H23N3O. The Morgan fingerprint density at radius 2 is 1.76 bits per heavy atom. The number of aromatic nitrogens is 1. The lowest BCUT2D eigenvalue weighted by Gasteiger charge is -2.14. The maximum absolute atomic E-state index is 12.3. The van der Waals surface area contributed by atoms with Gasteiger partial charge in [0.05, 0.1) is 11.2 Å². The summed E-state index contributed by atoms with van der Waals surface area (Å²) in [6.07, 6.45) is 2.14. The largest absolute Gasteiger partial charge is 0.384 e. The molecule has 0 aliphatic carbocycles. The fraction of sp³-hybridized carbons (Fsp3) is 0.238. The summed E-state index contributed by atoms with van der Waals surface area (Å²) in [6.45, 7) is 6.86. The van der Waals surface area contributed by atoms with E-state index in [2.05, 4.69) is 48.5 Å². The van der Waals surface area contributed by atoms with Gasteiger partial charge in [-0.05, 0) is 44.0 Å². The lowest BCUT2D eigenvalue weighted by Crippen LogP contribution is -2.17. The molecule has 2 N–H and O–H groups in total. The van der Waals surface area contributed by atoms with E-state index in [9.17, 15) is 4.79 Å². The third-order valence-electron chi connectivity index (χ3n) is 4.24. The number of hydrogen-bond acceptors (Lipinski definition) is 3. The van der Waals surface area contributed by atoms with Crippen LogP contribution in [-0.4, -0.2) is 17.4 Å². The monoisotopic (exact) mass is 333 g/mol. The fourth-order valence-corrected chi connectivity index (χ4v) is 3.18. The zero-order valence-corrected chi connectivity index (χ0v) is 14.9. The molecule has 25 heavy (non-hydrogen) atoms. The molecule has 0 atom stereocenters. The second-order valence-corrected chi connectivity index (χ2v) is 6.38. The third-order valence-corrected chi connectivity index (χ3v) is 4.24. The molecule has 3 aromatic rings. The standard InChI is InChI=1S/C21H23N3O/c1-14-12-15(2)20(16(3)13-14)23-11-9-19(25)24-18-8-4-6-17-7-5-10-22-21(17)18/h4-8,10,12-13,23H,9,11H2,1-3H3,(H,24,25). The fourth-order valence-electron chi connectivity index (χ4n) is 3.18. The predicted octanol–water partition coefficient (Wildman–Crippen LogP) is 4.60. The molecule has 1 heterocycles. The number of aryl methyl sites for hydroxylation is 3. The van der Waals surface area contributed by atoms with Crippen LogP contribution in [0.3, 0.4) is 0 Å². The van der Waals surface area contributed by atoms with Gasteiger partial charge in [0.2, 0.25) is 5.91 Å². The maximum Gasteiger partial charge on any atom is 0.226 e. The van der Waals surface area contributed by atoms with Crippen molar-refractivity contribution in [1.82, 2.24) is 4.98 Å². The van der Waals surface area contributed by atoms with Crippen molar-refractivity contribution in [3.63, 3.8) is 0 Å². The molecule has 0 radical (unpaired) electrons. The summed E-state index contributed by atoms with van der Waals surface area (Å²) in [6, 6.07) is 14.0. The highest BCUT2D eigenvalue weighted by molar-refractivity contribution is 6.00. The molecule has 0 unspecified atom stereocenters. The van der Waals surface area contributed by atoms with E-state index in [0.29, 0.717) is 13.0 Å². The Morgan fingerprint density at radius 3 is 2.52 bits per heavy atom. The Balaban J connectivity index is 1.62. The lowest BCUT2D eigenvalue weighted by molar-refractivity contribution is -0.115. The topological polar surface area (TPSA) is 54.0 Å². The van der Waals surface area contributed by atoms with Crippen LogP contribution in [0.1, 0.15) is 23.1 Å². The number of nitrogens with one attached hydrogen (secondary N) is 2. The van der Waals surface area contributed by atoms with E-state index in [4.69, 9.17) is 0 Å². The Kier molecular flexibility index (Phi) is 4.98.